The van der Waals surface area contributed by atoms with Gasteiger partial charge < -0.3 is 14.8 Å². The molecule has 1 aromatic heterocycles. The molecular weight excluding hydrogens is 298 g/mol. The first-order valence-corrected chi connectivity index (χ1v) is 8.33. The van der Waals surface area contributed by atoms with Crippen molar-refractivity contribution in [1.29, 1.82) is 0 Å². The predicted molar refractivity (Wildman–Crippen MR) is 89.1 cm³/mol. The van der Waals surface area contributed by atoms with Gasteiger partial charge in [0.2, 0.25) is 0 Å². The van der Waals surface area contributed by atoms with Crippen molar-refractivity contribution in [3.8, 4) is 11.5 Å². The van der Waals surface area contributed by atoms with E-state index in [1.165, 1.54) is 11.3 Å². The van der Waals surface area contributed by atoms with Crippen molar-refractivity contribution in [3.63, 3.8) is 0 Å². The third-order valence-corrected chi connectivity index (χ3v) is 3.98. The van der Waals surface area contributed by atoms with Gasteiger partial charge in [0, 0.05) is 6.54 Å². The number of thiophene rings is 1. The monoisotopic (exact) mass is 319 g/mol. The quantitative estimate of drug-likeness (QED) is 0.810. The molecule has 2 rings (SSSR count). The lowest BCUT2D eigenvalue weighted by molar-refractivity contribution is 0.0954. The maximum Gasteiger partial charge on any atom is 0.265 e. The minimum absolute atomic E-state index is 0.0904. The second-order valence-electron chi connectivity index (χ2n) is 4.59. The summed E-state index contributed by atoms with van der Waals surface area (Å²) in [5.74, 6) is 1.44. The molecule has 1 heterocycles. The molecule has 0 atom stereocenters. The van der Waals surface area contributed by atoms with Crippen LogP contribution in [0.1, 0.15) is 29.1 Å². The van der Waals surface area contributed by atoms with Gasteiger partial charge in [0.1, 0.15) is 16.4 Å². The molecule has 1 N–H and O–H groups in total. The van der Waals surface area contributed by atoms with Gasteiger partial charge in [0.25, 0.3) is 5.91 Å². The average molecular weight is 319 g/mol. The van der Waals surface area contributed by atoms with Crippen molar-refractivity contribution in [3.05, 3.63) is 46.2 Å². The zero-order valence-electron chi connectivity index (χ0n) is 12.9. The molecule has 0 aliphatic heterocycles. The van der Waals surface area contributed by atoms with Gasteiger partial charge >= 0.3 is 0 Å². The predicted octanol–water partition coefficient (Wildman–Crippen LogP) is 3.52. The fraction of sp³-hybridized carbons (Fsp3) is 0.353. The van der Waals surface area contributed by atoms with Gasteiger partial charge in [-0.1, -0.05) is 18.2 Å². The van der Waals surface area contributed by atoms with Crippen molar-refractivity contribution in [1.82, 2.24) is 5.32 Å². The summed E-state index contributed by atoms with van der Waals surface area (Å²) in [6, 6.07) is 9.73. The first-order valence-electron chi connectivity index (χ1n) is 7.45. The minimum atomic E-state index is -0.0904. The molecule has 0 saturated carbocycles. The highest BCUT2D eigenvalue weighted by atomic mass is 32.1. The number of hydrogen-bond donors (Lipinski definition) is 1. The number of amides is 1. The first kappa shape index (κ1) is 16.4. The highest BCUT2D eigenvalue weighted by molar-refractivity contribution is 7.12. The highest BCUT2D eigenvalue weighted by Crippen LogP contribution is 2.24. The van der Waals surface area contributed by atoms with E-state index < -0.39 is 0 Å². The SMILES string of the molecule is CCOc1ccccc1CCNC(=O)c1sccc1OCC. The fourth-order valence-electron chi connectivity index (χ4n) is 2.13. The Bertz CT molecular complexity index is 609. The molecule has 0 radical (unpaired) electrons. The molecule has 0 spiro atoms. The Morgan fingerprint density at radius 3 is 2.59 bits per heavy atom. The van der Waals surface area contributed by atoms with Gasteiger partial charge in [0.15, 0.2) is 0 Å². The Hall–Kier alpha value is -2.01. The lowest BCUT2D eigenvalue weighted by atomic mass is 10.1. The van der Waals surface area contributed by atoms with Crippen LogP contribution in [-0.2, 0) is 6.42 Å². The van der Waals surface area contributed by atoms with Crippen LogP contribution in [0.5, 0.6) is 11.5 Å². The number of carbonyl (C=O) groups is 1. The molecule has 0 aliphatic carbocycles. The zero-order chi connectivity index (χ0) is 15.8. The summed E-state index contributed by atoms with van der Waals surface area (Å²) in [5, 5.41) is 4.80. The first-order chi connectivity index (χ1) is 10.8. The summed E-state index contributed by atoms with van der Waals surface area (Å²) in [7, 11) is 0. The van der Waals surface area contributed by atoms with Crippen LogP contribution < -0.4 is 14.8 Å². The largest absolute Gasteiger partial charge is 0.494 e. The van der Waals surface area contributed by atoms with Crippen LogP contribution in [0.3, 0.4) is 0 Å². The summed E-state index contributed by atoms with van der Waals surface area (Å²) in [6.45, 7) is 5.62. The van der Waals surface area contributed by atoms with Crippen LogP contribution in [0.25, 0.3) is 0 Å². The van der Waals surface area contributed by atoms with Crippen LogP contribution in [-0.4, -0.2) is 25.7 Å². The number of carbonyl (C=O) groups excluding carboxylic acids is 1. The molecule has 4 nitrogen and oxygen atoms in total. The van der Waals surface area contributed by atoms with Gasteiger partial charge in [-0.2, -0.15) is 0 Å². The lowest BCUT2D eigenvalue weighted by Gasteiger charge is -2.10. The number of hydrogen-bond acceptors (Lipinski definition) is 4. The maximum absolute atomic E-state index is 12.2. The van der Waals surface area contributed by atoms with Gasteiger partial charge in [-0.05, 0) is 43.3 Å². The second-order valence-corrected chi connectivity index (χ2v) is 5.51. The van der Waals surface area contributed by atoms with Crippen LogP contribution in [0.4, 0.5) is 0 Å². The van der Waals surface area contributed by atoms with Crippen molar-refractivity contribution in [2.24, 2.45) is 0 Å². The summed E-state index contributed by atoms with van der Waals surface area (Å²) in [4.78, 5) is 12.8. The van der Waals surface area contributed by atoms with E-state index >= 15 is 0 Å². The normalized spacial score (nSPS) is 10.3. The van der Waals surface area contributed by atoms with Crippen LogP contribution in [0.15, 0.2) is 35.7 Å². The Morgan fingerprint density at radius 2 is 1.82 bits per heavy atom. The number of ether oxygens (including phenoxy) is 2. The maximum atomic E-state index is 12.2. The number of benzene rings is 1. The Balaban J connectivity index is 1.91. The summed E-state index contributed by atoms with van der Waals surface area (Å²) in [6.07, 6.45) is 0.733. The van der Waals surface area contributed by atoms with E-state index in [4.69, 9.17) is 9.47 Å². The third-order valence-electron chi connectivity index (χ3n) is 3.09. The molecule has 1 aromatic carbocycles. The van der Waals surface area contributed by atoms with Crippen LogP contribution in [0, 0.1) is 0 Å². The van der Waals surface area contributed by atoms with Gasteiger partial charge in [-0.25, -0.2) is 0 Å². The number of para-hydroxylation sites is 1. The molecule has 0 unspecified atom stereocenters. The number of nitrogens with one attached hydrogen (secondary N) is 1. The van der Waals surface area contributed by atoms with Crippen molar-refractivity contribution < 1.29 is 14.3 Å². The highest BCUT2D eigenvalue weighted by Gasteiger charge is 2.14. The fourth-order valence-corrected chi connectivity index (χ4v) is 2.88. The minimum Gasteiger partial charge on any atom is -0.494 e. The molecule has 2 aromatic rings. The Labute approximate surface area is 135 Å². The van der Waals surface area contributed by atoms with E-state index in [0.717, 1.165) is 17.7 Å². The lowest BCUT2D eigenvalue weighted by Crippen LogP contribution is -2.25. The molecular formula is C17H21NO3S. The summed E-state index contributed by atoms with van der Waals surface area (Å²) in [5.41, 5.74) is 1.10. The van der Waals surface area contributed by atoms with Crippen molar-refractivity contribution >= 4 is 17.2 Å². The molecule has 0 aliphatic rings. The van der Waals surface area contributed by atoms with Crippen LogP contribution >= 0.6 is 11.3 Å². The molecule has 1 amide bonds. The third kappa shape index (κ3) is 4.24. The Morgan fingerprint density at radius 1 is 1.09 bits per heavy atom. The van der Waals surface area contributed by atoms with E-state index in [1.54, 1.807) is 0 Å². The molecule has 5 heteroatoms. The molecule has 0 saturated heterocycles. The van der Waals surface area contributed by atoms with E-state index in [2.05, 4.69) is 5.32 Å². The topological polar surface area (TPSA) is 47.6 Å². The van der Waals surface area contributed by atoms with Crippen molar-refractivity contribution in [2.45, 2.75) is 20.3 Å². The molecule has 118 valence electrons. The van der Waals surface area contributed by atoms with Gasteiger partial charge in [0.05, 0.1) is 13.2 Å². The van der Waals surface area contributed by atoms with E-state index in [9.17, 15) is 4.79 Å². The summed E-state index contributed by atoms with van der Waals surface area (Å²) < 4.78 is 11.0. The number of rotatable bonds is 8. The van der Waals surface area contributed by atoms with Gasteiger partial charge in [-0.15, -0.1) is 11.3 Å². The molecule has 22 heavy (non-hydrogen) atoms. The van der Waals surface area contributed by atoms with Crippen molar-refractivity contribution in [2.75, 3.05) is 19.8 Å². The second kappa shape index (κ2) is 8.44. The van der Waals surface area contributed by atoms with Crippen LogP contribution in [0.2, 0.25) is 0 Å². The van der Waals surface area contributed by atoms with E-state index in [0.29, 0.717) is 30.4 Å². The smallest absolute Gasteiger partial charge is 0.265 e. The Kier molecular flexibility index (Phi) is 6.27. The molecule has 0 bridgehead atoms. The van der Waals surface area contributed by atoms with E-state index in [1.807, 2.05) is 49.6 Å². The van der Waals surface area contributed by atoms with E-state index in [-0.39, 0.29) is 5.91 Å². The average Bonchev–Trinajstić information content (AvgIpc) is 2.98. The standard InChI is InChI=1S/C17H21NO3S/c1-3-20-14-8-6-5-7-13(14)9-11-18-17(19)16-15(21-4-2)10-12-22-16/h5-8,10,12H,3-4,9,11H2,1-2H3,(H,18,19). The summed E-state index contributed by atoms with van der Waals surface area (Å²) >= 11 is 1.39. The van der Waals surface area contributed by atoms with Gasteiger partial charge in [-0.3, -0.25) is 4.79 Å². The molecule has 0 fully saturated rings. The zero-order valence-corrected chi connectivity index (χ0v) is 13.7.